The summed E-state index contributed by atoms with van der Waals surface area (Å²) in [5.41, 5.74) is -1.76. The molecule has 0 unspecified atom stereocenters. The van der Waals surface area contributed by atoms with Gasteiger partial charge in [0.15, 0.2) is 5.60 Å². The van der Waals surface area contributed by atoms with Crippen LogP contribution in [-0.4, -0.2) is 28.2 Å². The van der Waals surface area contributed by atoms with E-state index in [0.717, 1.165) is 18.8 Å². The van der Waals surface area contributed by atoms with Gasteiger partial charge in [0.05, 0.1) is 19.7 Å². The molecule has 1 heterocycles. The molecule has 32 heavy (non-hydrogen) atoms. The van der Waals surface area contributed by atoms with Crippen molar-refractivity contribution in [2.75, 3.05) is 6.61 Å². The second kappa shape index (κ2) is 11.4. The first-order chi connectivity index (χ1) is 14.8. The van der Waals surface area contributed by atoms with Crippen molar-refractivity contribution in [1.29, 1.82) is 0 Å². The lowest BCUT2D eigenvalue weighted by molar-refractivity contribution is -0.702. The molecule has 8 heteroatoms. The first-order valence-electron chi connectivity index (χ1n) is 11.2. The summed E-state index contributed by atoms with van der Waals surface area (Å²) in [7, 11) is 0. The number of aryl methyl sites for hydroxylation is 2. The molecule has 5 nitrogen and oxygen atoms in total. The number of nitrogens with zero attached hydrogens (tertiary/aromatic N) is 2. The van der Waals surface area contributed by atoms with Gasteiger partial charge >= 0.3 is 5.97 Å². The number of aliphatic hydroxyl groups is 1. The van der Waals surface area contributed by atoms with Crippen molar-refractivity contribution in [2.24, 2.45) is 5.92 Å². The second-order valence-electron chi connectivity index (χ2n) is 8.50. The van der Waals surface area contributed by atoms with Gasteiger partial charge < -0.3 is 26.8 Å². The van der Waals surface area contributed by atoms with Crippen LogP contribution >= 0.6 is 0 Å². The van der Waals surface area contributed by atoms with Gasteiger partial charge in [0.1, 0.15) is 12.4 Å². The molecule has 0 bridgehead atoms. The van der Waals surface area contributed by atoms with Gasteiger partial charge in [-0.3, -0.25) is 0 Å². The van der Waals surface area contributed by atoms with Gasteiger partial charge in [-0.1, -0.05) is 37.3 Å². The van der Waals surface area contributed by atoms with E-state index in [0.29, 0.717) is 24.9 Å². The number of ether oxygens (including phenoxy) is 1. The predicted octanol–water partition coefficient (Wildman–Crippen LogP) is 1.14. The van der Waals surface area contributed by atoms with Crippen molar-refractivity contribution in [3.63, 3.8) is 0 Å². The summed E-state index contributed by atoms with van der Waals surface area (Å²) < 4.78 is 37.9. The maximum absolute atomic E-state index is 14.1. The zero-order valence-electron chi connectivity index (χ0n) is 18.8. The van der Waals surface area contributed by atoms with Crippen molar-refractivity contribution in [1.82, 2.24) is 4.57 Å². The second-order valence-corrected chi connectivity index (χ2v) is 8.50. The lowest BCUT2D eigenvalue weighted by Gasteiger charge is -2.39. The summed E-state index contributed by atoms with van der Waals surface area (Å²) in [5, 5.41) is 11.4. The number of rotatable bonds is 9. The van der Waals surface area contributed by atoms with Crippen LogP contribution in [0, 0.1) is 12.8 Å². The number of benzene rings is 1. The maximum atomic E-state index is 14.1. The molecule has 1 aliphatic rings. The predicted molar refractivity (Wildman–Crippen MR) is 112 cm³/mol. The van der Waals surface area contributed by atoms with Gasteiger partial charge in [0, 0.05) is 32.1 Å². The van der Waals surface area contributed by atoms with Crippen molar-refractivity contribution in [2.45, 2.75) is 77.0 Å². The Morgan fingerprint density at radius 2 is 2.06 bits per heavy atom. The van der Waals surface area contributed by atoms with E-state index in [1.165, 1.54) is 0 Å². The molecule has 0 spiro atoms. The van der Waals surface area contributed by atoms with Gasteiger partial charge in [-0.15, -0.1) is 0 Å². The number of imidazole rings is 1. The topological polar surface area (TPSA) is 55.3 Å². The van der Waals surface area contributed by atoms with E-state index < -0.39 is 29.8 Å². The van der Waals surface area contributed by atoms with Crippen molar-refractivity contribution in [3.05, 3.63) is 54.1 Å². The number of halogens is 3. The summed E-state index contributed by atoms with van der Waals surface area (Å²) in [5.74, 6) is -3.48. The third-order valence-electron chi connectivity index (χ3n) is 6.25. The third-order valence-corrected chi connectivity index (χ3v) is 6.25. The van der Waals surface area contributed by atoms with Crippen molar-refractivity contribution < 1.29 is 45.0 Å². The van der Waals surface area contributed by atoms with E-state index in [2.05, 4.69) is 16.1 Å². The Hall–Kier alpha value is -1.80. The highest BCUT2D eigenvalue weighted by molar-refractivity contribution is 5.81. The minimum atomic E-state index is -2.88. The Morgan fingerprint density at radius 1 is 1.34 bits per heavy atom. The minimum absolute atomic E-state index is 0. The van der Waals surface area contributed by atoms with E-state index in [4.69, 9.17) is 4.74 Å². The van der Waals surface area contributed by atoms with Crippen LogP contribution in [0.3, 0.4) is 0 Å². The van der Waals surface area contributed by atoms with Crippen molar-refractivity contribution in [3.8, 4) is 0 Å². The number of carbonyl (C=O) groups is 1. The molecule has 1 aromatic heterocycles. The molecule has 1 fully saturated rings. The molecule has 0 aliphatic heterocycles. The molecular formula is C24H33BrF2N2O3. The molecule has 0 amide bonds. The fourth-order valence-electron chi connectivity index (χ4n) is 4.51. The van der Waals surface area contributed by atoms with Crippen LogP contribution in [0.4, 0.5) is 8.78 Å². The Kier molecular flexibility index (Phi) is 9.40. The number of hydrogen-bond acceptors (Lipinski definition) is 3. The highest BCUT2D eigenvalue weighted by atomic mass is 79.9. The first-order valence-corrected chi connectivity index (χ1v) is 11.2. The Labute approximate surface area is 199 Å². The quantitative estimate of drug-likeness (QED) is 0.310. The average molecular weight is 515 g/mol. The Bertz CT molecular complexity index is 875. The number of esters is 1. The lowest BCUT2D eigenvalue weighted by atomic mass is 9.72. The molecular weight excluding hydrogens is 482 g/mol. The summed E-state index contributed by atoms with van der Waals surface area (Å²) in [6.07, 6.45) is 5.54. The molecule has 3 rings (SSSR count). The van der Waals surface area contributed by atoms with Crippen LogP contribution in [0.15, 0.2) is 42.7 Å². The van der Waals surface area contributed by atoms with E-state index in [1.54, 1.807) is 30.3 Å². The molecule has 178 valence electrons. The zero-order chi connectivity index (χ0) is 22.5. The van der Waals surface area contributed by atoms with Crippen LogP contribution in [0.25, 0.3) is 0 Å². The molecule has 1 saturated carbocycles. The smallest absolute Gasteiger partial charge is 0.343 e. The van der Waals surface area contributed by atoms with Crippen LogP contribution in [-0.2, 0) is 28.2 Å². The van der Waals surface area contributed by atoms with E-state index in [9.17, 15) is 18.7 Å². The number of aromatic nitrogens is 2. The van der Waals surface area contributed by atoms with E-state index in [1.807, 2.05) is 19.3 Å². The maximum Gasteiger partial charge on any atom is 0.343 e. The van der Waals surface area contributed by atoms with Crippen LogP contribution < -0.4 is 21.5 Å². The normalized spacial score (nSPS) is 19.6. The summed E-state index contributed by atoms with van der Waals surface area (Å²) in [4.78, 5) is 13.0. The number of hydrogen-bond donors (Lipinski definition) is 1. The highest BCUT2D eigenvalue weighted by Gasteiger charge is 2.52. The molecule has 0 radical (unpaired) electrons. The largest absolute Gasteiger partial charge is 1.00 e. The van der Waals surface area contributed by atoms with Crippen LogP contribution in [0.1, 0.15) is 56.8 Å². The third kappa shape index (κ3) is 5.95. The van der Waals surface area contributed by atoms with Gasteiger partial charge in [0.25, 0.3) is 5.82 Å². The fourth-order valence-corrected chi connectivity index (χ4v) is 4.51. The van der Waals surface area contributed by atoms with E-state index >= 15 is 0 Å². The van der Waals surface area contributed by atoms with Gasteiger partial charge in [-0.2, -0.15) is 0 Å². The summed E-state index contributed by atoms with van der Waals surface area (Å²) in [6, 6.07) is 8.34. The average Bonchev–Trinajstić information content (AvgIpc) is 3.10. The molecule has 1 N–H and O–H groups in total. The van der Waals surface area contributed by atoms with E-state index in [-0.39, 0.29) is 36.4 Å². The molecule has 1 aromatic carbocycles. The molecule has 0 saturated heterocycles. The number of alkyl halides is 2. The summed E-state index contributed by atoms with van der Waals surface area (Å²) >= 11 is 0. The zero-order valence-corrected chi connectivity index (χ0v) is 20.4. The van der Waals surface area contributed by atoms with Gasteiger partial charge in [-0.25, -0.2) is 22.7 Å². The first kappa shape index (κ1) is 26.5. The van der Waals surface area contributed by atoms with Gasteiger partial charge in [-0.05, 0) is 24.8 Å². The molecule has 2 atom stereocenters. The standard InChI is InChI=1S/C24H33F2N2O3.BrH/c1-3-13-27-15-16-28(19(27)2)14-8-17-31-22(29)24(30,20-9-5-4-6-10-20)21-11-7-12-23(25,26)18-21;/h4-6,9-10,15-16,21,30H,3,7-8,11-14,17-18H2,1-2H3;1H/q+1;/p-1/t21-,24-;/m0./s1. The SMILES string of the molecule is CCC[n+]1ccn(CCCOC(=O)[C@](O)(c2ccccc2)[C@H]2CCCC(F)(F)C2)c1C.[Br-]. The Morgan fingerprint density at radius 3 is 2.72 bits per heavy atom. The molecule has 2 aromatic rings. The Balaban J connectivity index is 0.00000363. The monoisotopic (exact) mass is 514 g/mol. The lowest BCUT2D eigenvalue weighted by Crippen LogP contribution is -3.00. The van der Waals surface area contributed by atoms with Crippen LogP contribution in [0.2, 0.25) is 0 Å². The van der Waals surface area contributed by atoms with Gasteiger partial charge in [0.2, 0.25) is 5.92 Å². The summed E-state index contributed by atoms with van der Waals surface area (Å²) in [6.45, 7) is 5.89. The van der Waals surface area contributed by atoms with Crippen LogP contribution in [0.5, 0.6) is 0 Å². The fraction of sp³-hybridized carbons (Fsp3) is 0.583. The number of carbonyl (C=O) groups excluding carboxylic acids is 1. The van der Waals surface area contributed by atoms with Crippen molar-refractivity contribution >= 4 is 5.97 Å². The highest BCUT2D eigenvalue weighted by Crippen LogP contribution is 2.45. The molecule has 1 aliphatic carbocycles. The minimum Gasteiger partial charge on any atom is -1.00 e.